The highest BCUT2D eigenvalue weighted by Gasteiger charge is 2.41. The highest BCUT2D eigenvalue weighted by molar-refractivity contribution is 5.74. The van der Waals surface area contributed by atoms with Crippen LogP contribution in [0.2, 0.25) is 0 Å². The van der Waals surface area contributed by atoms with Crippen molar-refractivity contribution in [1.82, 2.24) is 10.2 Å². The molecule has 14 heavy (non-hydrogen) atoms. The summed E-state index contributed by atoms with van der Waals surface area (Å²) in [5, 5.41) is 3.02. The van der Waals surface area contributed by atoms with E-state index in [0.717, 1.165) is 19.4 Å². The Balaban J connectivity index is 1.84. The second-order valence-corrected chi connectivity index (χ2v) is 4.18. The minimum Gasteiger partial charge on any atom is -0.373 e. The van der Waals surface area contributed by atoms with Crippen LogP contribution in [0.15, 0.2) is 0 Å². The van der Waals surface area contributed by atoms with Gasteiger partial charge in [0.25, 0.3) is 0 Å². The number of carbonyl (C=O) groups excluding carboxylic acids is 1. The molecule has 2 rings (SSSR count). The lowest BCUT2D eigenvalue weighted by Crippen LogP contribution is -2.46. The second-order valence-electron chi connectivity index (χ2n) is 4.18. The molecule has 2 bridgehead atoms. The van der Waals surface area contributed by atoms with Crippen LogP contribution in [-0.4, -0.2) is 42.8 Å². The lowest BCUT2D eigenvalue weighted by Gasteiger charge is -2.23. The standard InChI is InChI=1S/C10H18N2O2/c1-3-12(2)10(13)11-8-6-7-4-5-9(8)14-7/h7-9H,3-6H2,1-2H3,(H,11,13). The van der Waals surface area contributed by atoms with Gasteiger partial charge in [-0.2, -0.15) is 0 Å². The Kier molecular flexibility index (Phi) is 2.63. The molecule has 2 saturated heterocycles. The third-order valence-electron chi connectivity index (χ3n) is 3.24. The van der Waals surface area contributed by atoms with Crippen molar-refractivity contribution in [2.24, 2.45) is 0 Å². The van der Waals surface area contributed by atoms with Gasteiger partial charge in [0.2, 0.25) is 0 Å². The van der Waals surface area contributed by atoms with E-state index in [-0.39, 0.29) is 18.2 Å². The molecule has 2 aliphatic rings. The summed E-state index contributed by atoms with van der Waals surface area (Å²) >= 11 is 0. The van der Waals surface area contributed by atoms with Gasteiger partial charge >= 0.3 is 6.03 Å². The molecule has 2 fully saturated rings. The van der Waals surface area contributed by atoms with Gasteiger partial charge in [-0.1, -0.05) is 0 Å². The number of fused-ring (bicyclic) bond motifs is 2. The molecule has 0 spiro atoms. The van der Waals surface area contributed by atoms with Crippen molar-refractivity contribution in [3.05, 3.63) is 0 Å². The third-order valence-corrected chi connectivity index (χ3v) is 3.24. The van der Waals surface area contributed by atoms with E-state index in [1.807, 2.05) is 14.0 Å². The Labute approximate surface area is 84.6 Å². The molecule has 4 heteroatoms. The van der Waals surface area contributed by atoms with Crippen molar-refractivity contribution in [2.75, 3.05) is 13.6 Å². The molecule has 0 aromatic heterocycles. The van der Waals surface area contributed by atoms with Crippen molar-refractivity contribution in [3.8, 4) is 0 Å². The number of ether oxygens (including phenoxy) is 1. The van der Waals surface area contributed by atoms with Gasteiger partial charge in [-0.15, -0.1) is 0 Å². The second kappa shape index (κ2) is 3.77. The van der Waals surface area contributed by atoms with Gasteiger partial charge in [0, 0.05) is 13.6 Å². The summed E-state index contributed by atoms with van der Waals surface area (Å²) in [4.78, 5) is 13.3. The van der Waals surface area contributed by atoms with Crippen LogP contribution in [0.25, 0.3) is 0 Å². The highest BCUT2D eigenvalue weighted by Crippen LogP contribution is 2.34. The van der Waals surface area contributed by atoms with Crippen molar-refractivity contribution >= 4 is 6.03 Å². The quantitative estimate of drug-likeness (QED) is 0.718. The van der Waals surface area contributed by atoms with Gasteiger partial charge in [-0.25, -0.2) is 4.79 Å². The Morgan fingerprint density at radius 2 is 2.36 bits per heavy atom. The van der Waals surface area contributed by atoms with Gasteiger partial charge in [-0.05, 0) is 26.2 Å². The largest absolute Gasteiger partial charge is 0.373 e. The summed E-state index contributed by atoms with van der Waals surface area (Å²) < 4.78 is 5.67. The summed E-state index contributed by atoms with van der Waals surface area (Å²) in [5.41, 5.74) is 0. The van der Waals surface area contributed by atoms with Gasteiger partial charge in [-0.3, -0.25) is 0 Å². The van der Waals surface area contributed by atoms with E-state index in [4.69, 9.17) is 4.74 Å². The summed E-state index contributed by atoms with van der Waals surface area (Å²) in [5.74, 6) is 0. The molecule has 3 unspecified atom stereocenters. The van der Waals surface area contributed by atoms with Gasteiger partial charge in [0.1, 0.15) is 0 Å². The van der Waals surface area contributed by atoms with Gasteiger partial charge < -0.3 is 15.0 Å². The van der Waals surface area contributed by atoms with Gasteiger partial charge in [0.05, 0.1) is 18.2 Å². The van der Waals surface area contributed by atoms with E-state index in [2.05, 4.69) is 5.32 Å². The number of amides is 2. The fourth-order valence-electron chi connectivity index (χ4n) is 2.20. The summed E-state index contributed by atoms with van der Waals surface area (Å²) in [7, 11) is 1.81. The minimum absolute atomic E-state index is 0.0219. The molecule has 2 heterocycles. The predicted octanol–water partition coefficient (Wildman–Crippen LogP) is 0.968. The number of rotatable bonds is 2. The van der Waals surface area contributed by atoms with Crippen LogP contribution in [-0.2, 0) is 4.74 Å². The number of urea groups is 1. The Bertz CT molecular complexity index is 232. The number of nitrogens with one attached hydrogen (secondary N) is 1. The van der Waals surface area contributed by atoms with Crippen LogP contribution in [0.5, 0.6) is 0 Å². The Morgan fingerprint density at radius 1 is 1.57 bits per heavy atom. The highest BCUT2D eigenvalue weighted by atomic mass is 16.5. The fourth-order valence-corrected chi connectivity index (χ4v) is 2.20. The van der Waals surface area contributed by atoms with Crippen molar-refractivity contribution in [2.45, 2.75) is 44.4 Å². The zero-order valence-corrected chi connectivity index (χ0v) is 8.82. The Hall–Kier alpha value is -0.770. The van der Waals surface area contributed by atoms with E-state index in [1.165, 1.54) is 6.42 Å². The number of carbonyl (C=O) groups is 1. The van der Waals surface area contributed by atoms with E-state index < -0.39 is 0 Å². The predicted molar refractivity (Wildman–Crippen MR) is 53.1 cm³/mol. The molecule has 1 N–H and O–H groups in total. The molecule has 0 aliphatic carbocycles. The van der Waals surface area contributed by atoms with E-state index in [0.29, 0.717) is 6.10 Å². The topological polar surface area (TPSA) is 41.6 Å². The molecular formula is C10H18N2O2. The summed E-state index contributed by atoms with van der Waals surface area (Å²) in [6, 6.07) is 0.268. The first-order valence-corrected chi connectivity index (χ1v) is 5.37. The number of hydrogen-bond donors (Lipinski definition) is 1. The van der Waals surface area contributed by atoms with Crippen LogP contribution in [0.3, 0.4) is 0 Å². The molecule has 4 nitrogen and oxygen atoms in total. The monoisotopic (exact) mass is 198 g/mol. The first-order chi connectivity index (χ1) is 6.70. The van der Waals surface area contributed by atoms with Crippen molar-refractivity contribution in [1.29, 1.82) is 0 Å². The first kappa shape index (κ1) is 9.77. The molecule has 0 aromatic carbocycles. The molecule has 80 valence electrons. The van der Waals surface area contributed by atoms with E-state index in [1.54, 1.807) is 4.90 Å². The molecule has 3 atom stereocenters. The van der Waals surface area contributed by atoms with Gasteiger partial charge in [0.15, 0.2) is 0 Å². The van der Waals surface area contributed by atoms with Crippen LogP contribution in [0.4, 0.5) is 4.79 Å². The van der Waals surface area contributed by atoms with Crippen molar-refractivity contribution < 1.29 is 9.53 Å². The van der Waals surface area contributed by atoms with E-state index in [9.17, 15) is 4.79 Å². The number of nitrogens with zero attached hydrogens (tertiary/aromatic N) is 1. The molecule has 2 aliphatic heterocycles. The molecule has 0 aromatic rings. The maximum absolute atomic E-state index is 11.6. The normalized spacial score (nSPS) is 34.6. The maximum Gasteiger partial charge on any atom is 0.317 e. The third kappa shape index (κ3) is 1.71. The zero-order valence-electron chi connectivity index (χ0n) is 8.82. The number of hydrogen-bond acceptors (Lipinski definition) is 2. The van der Waals surface area contributed by atoms with Crippen LogP contribution >= 0.6 is 0 Å². The molecule has 2 amide bonds. The fraction of sp³-hybridized carbons (Fsp3) is 0.900. The Morgan fingerprint density at radius 3 is 2.86 bits per heavy atom. The smallest absolute Gasteiger partial charge is 0.317 e. The SMILES string of the molecule is CCN(C)C(=O)NC1CC2CCC1O2. The van der Waals surface area contributed by atoms with Crippen LogP contribution in [0, 0.1) is 0 Å². The first-order valence-electron chi connectivity index (χ1n) is 5.37. The summed E-state index contributed by atoms with van der Waals surface area (Å²) in [6.45, 7) is 2.71. The van der Waals surface area contributed by atoms with Crippen LogP contribution < -0.4 is 5.32 Å². The minimum atomic E-state index is 0.0219. The van der Waals surface area contributed by atoms with Crippen LogP contribution in [0.1, 0.15) is 26.2 Å². The molecule has 0 saturated carbocycles. The lowest BCUT2D eigenvalue weighted by atomic mass is 9.96. The summed E-state index contributed by atoms with van der Waals surface area (Å²) in [6.07, 6.45) is 3.94. The molecular weight excluding hydrogens is 180 g/mol. The average molecular weight is 198 g/mol. The van der Waals surface area contributed by atoms with E-state index >= 15 is 0 Å². The zero-order chi connectivity index (χ0) is 10.1. The van der Waals surface area contributed by atoms with Crippen molar-refractivity contribution in [3.63, 3.8) is 0 Å². The maximum atomic E-state index is 11.6. The lowest BCUT2D eigenvalue weighted by molar-refractivity contribution is 0.0973. The molecule has 0 radical (unpaired) electrons. The average Bonchev–Trinajstić information content (AvgIpc) is 2.77.